The monoisotopic (exact) mass is 868 g/mol. The van der Waals surface area contributed by atoms with Crippen LogP contribution >= 0.6 is 0 Å². The van der Waals surface area contributed by atoms with Crippen molar-refractivity contribution in [2.45, 2.75) is 0 Å². The van der Waals surface area contributed by atoms with E-state index in [2.05, 4.69) is 228 Å². The second-order valence-corrected chi connectivity index (χ2v) is 17.0. The predicted octanol–water partition coefficient (Wildman–Crippen LogP) is 15.5. The number of rotatable bonds is 8. The fraction of sp³-hybridized carbons (Fsp3) is 0. The summed E-state index contributed by atoms with van der Waals surface area (Å²) < 4.78 is 4.78. The Morgan fingerprint density at radius 1 is 0.265 bits per heavy atom. The van der Waals surface area contributed by atoms with Gasteiger partial charge < -0.3 is 9.13 Å². The third-order valence-corrected chi connectivity index (χ3v) is 13.0. The van der Waals surface area contributed by atoms with Gasteiger partial charge in [0.2, 0.25) is 0 Å². The first-order valence-electron chi connectivity index (χ1n) is 22.9. The number of aromatic nitrogens is 6. The molecule has 6 nitrogen and oxygen atoms in total. The number of fused-ring (bicyclic) bond motifs is 6. The van der Waals surface area contributed by atoms with Gasteiger partial charge in [-0.15, -0.1) is 0 Å². The maximum atomic E-state index is 5.65. The van der Waals surface area contributed by atoms with E-state index in [1.54, 1.807) is 0 Å². The van der Waals surface area contributed by atoms with Crippen molar-refractivity contribution in [2.75, 3.05) is 0 Å². The maximum Gasteiger partial charge on any atom is 0.164 e. The Labute approximate surface area is 392 Å². The molecule has 0 fully saturated rings. The molecule has 4 aromatic heterocycles. The fourth-order valence-corrected chi connectivity index (χ4v) is 9.90. The van der Waals surface area contributed by atoms with Crippen LogP contribution in [0.5, 0.6) is 0 Å². The summed E-state index contributed by atoms with van der Waals surface area (Å²) in [7, 11) is 0. The molecule has 0 radical (unpaired) electrons. The molecule has 4 heterocycles. The van der Waals surface area contributed by atoms with Gasteiger partial charge in [0.1, 0.15) is 0 Å². The molecular formula is C62H40N6. The summed E-state index contributed by atoms with van der Waals surface area (Å²) in [6, 6.07) is 84.8. The normalized spacial score (nSPS) is 11.5. The van der Waals surface area contributed by atoms with E-state index in [0.717, 1.165) is 111 Å². The first-order valence-corrected chi connectivity index (χ1v) is 22.9. The molecule has 9 aromatic carbocycles. The summed E-state index contributed by atoms with van der Waals surface area (Å²) >= 11 is 0. The highest BCUT2D eigenvalue weighted by atomic mass is 15.1. The van der Waals surface area contributed by atoms with Gasteiger partial charge in [0.15, 0.2) is 11.6 Å². The van der Waals surface area contributed by atoms with Crippen molar-refractivity contribution in [3.05, 3.63) is 243 Å². The van der Waals surface area contributed by atoms with E-state index < -0.39 is 0 Å². The van der Waals surface area contributed by atoms with Gasteiger partial charge in [-0.1, -0.05) is 194 Å². The summed E-state index contributed by atoms with van der Waals surface area (Å²) in [5.74, 6) is 1.16. The molecule has 0 bridgehead atoms. The lowest BCUT2D eigenvalue weighted by Crippen LogP contribution is -2.09. The number of hydrogen-bond acceptors (Lipinski definition) is 4. The average molecular weight is 869 g/mol. The van der Waals surface area contributed by atoms with E-state index in [9.17, 15) is 0 Å². The van der Waals surface area contributed by atoms with Crippen LogP contribution in [0.1, 0.15) is 0 Å². The molecule has 0 aliphatic rings. The zero-order valence-electron chi connectivity index (χ0n) is 36.8. The summed E-state index contributed by atoms with van der Waals surface area (Å²) in [4.78, 5) is 22.3. The molecule has 0 saturated carbocycles. The van der Waals surface area contributed by atoms with E-state index in [4.69, 9.17) is 19.9 Å². The molecule has 0 aliphatic carbocycles. The number of benzene rings is 9. The summed E-state index contributed by atoms with van der Waals surface area (Å²) in [6.07, 6.45) is 0. The van der Waals surface area contributed by atoms with Gasteiger partial charge in [-0.05, 0) is 48.5 Å². The molecule has 318 valence electrons. The summed E-state index contributed by atoms with van der Waals surface area (Å²) in [5, 5.41) is 4.59. The standard InChI is InChI=1S/C62H40N6/c1-5-21-41(22-6-1)50-39-51(42-23-7-2-8-24-42)64-61(63-50)49-37-38-58(67-54-33-17-13-29-45(54)46-30-14-18-34-55(46)67)59(60(49)68-56-35-19-15-31-47(56)48-32-16-20-36-57(48)68)62-65-52(43-25-9-3-10-26-43)40-53(66-62)44-27-11-4-12-28-44/h1-40H. The van der Waals surface area contributed by atoms with Gasteiger partial charge in [-0.2, -0.15) is 0 Å². The van der Waals surface area contributed by atoms with E-state index >= 15 is 0 Å². The van der Waals surface area contributed by atoms with Crippen molar-refractivity contribution in [3.63, 3.8) is 0 Å². The van der Waals surface area contributed by atoms with Gasteiger partial charge >= 0.3 is 0 Å². The molecule has 0 N–H and O–H groups in total. The molecule has 6 heteroatoms. The van der Waals surface area contributed by atoms with Crippen LogP contribution in [0.15, 0.2) is 243 Å². The minimum Gasteiger partial charge on any atom is -0.308 e. The van der Waals surface area contributed by atoms with Crippen molar-refractivity contribution < 1.29 is 0 Å². The van der Waals surface area contributed by atoms with Crippen LogP contribution < -0.4 is 0 Å². The molecule has 13 aromatic rings. The number of para-hydroxylation sites is 4. The van der Waals surface area contributed by atoms with Crippen LogP contribution in [0.25, 0.3) is 123 Å². The van der Waals surface area contributed by atoms with Crippen LogP contribution in [0.3, 0.4) is 0 Å². The summed E-state index contributed by atoms with van der Waals surface area (Å²) in [5.41, 5.74) is 15.0. The minimum absolute atomic E-state index is 0.572. The molecule has 0 aliphatic heterocycles. The van der Waals surface area contributed by atoms with Crippen LogP contribution in [-0.4, -0.2) is 29.1 Å². The van der Waals surface area contributed by atoms with Gasteiger partial charge in [-0.3, -0.25) is 0 Å². The third kappa shape index (κ3) is 6.58. The van der Waals surface area contributed by atoms with Crippen molar-refractivity contribution in [1.29, 1.82) is 0 Å². The predicted molar refractivity (Wildman–Crippen MR) is 279 cm³/mol. The SMILES string of the molecule is c1ccc(-c2cc(-c3ccccc3)nc(-c3ccc(-n4c5ccccc5c5ccccc54)c(-c4nc(-c5ccccc5)cc(-c5ccccc5)n4)c3-n3c4ccccc4c4ccccc43)n2)cc1. The molecule has 0 atom stereocenters. The zero-order chi connectivity index (χ0) is 45.0. The van der Waals surface area contributed by atoms with Gasteiger partial charge in [0, 0.05) is 49.4 Å². The topological polar surface area (TPSA) is 61.4 Å². The zero-order valence-corrected chi connectivity index (χ0v) is 36.8. The van der Waals surface area contributed by atoms with Crippen molar-refractivity contribution in [3.8, 4) is 79.2 Å². The molecule has 0 saturated heterocycles. The largest absolute Gasteiger partial charge is 0.308 e. The van der Waals surface area contributed by atoms with Crippen LogP contribution in [-0.2, 0) is 0 Å². The van der Waals surface area contributed by atoms with Crippen LogP contribution in [0.4, 0.5) is 0 Å². The first kappa shape index (κ1) is 39.1. The Morgan fingerprint density at radius 2 is 0.574 bits per heavy atom. The summed E-state index contributed by atoms with van der Waals surface area (Å²) in [6.45, 7) is 0. The Morgan fingerprint density at radius 3 is 0.941 bits per heavy atom. The highest BCUT2D eigenvalue weighted by molar-refractivity contribution is 6.12. The van der Waals surface area contributed by atoms with E-state index in [-0.39, 0.29) is 0 Å². The molecule has 0 unspecified atom stereocenters. The van der Waals surface area contributed by atoms with Crippen molar-refractivity contribution in [1.82, 2.24) is 29.1 Å². The van der Waals surface area contributed by atoms with Crippen LogP contribution in [0.2, 0.25) is 0 Å². The quantitative estimate of drug-likeness (QED) is 0.153. The molecule has 0 spiro atoms. The second kappa shape index (κ2) is 16.3. The fourth-order valence-electron chi connectivity index (χ4n) is 9.90. The highest BCUT2D eigenvalue weighted by Gasteiger charge is 2.28. The van der Waals surface area contributed by atoms with Crippen molar-refractivity contribution in [2.24, 2.45) is 0 Å². The average Bonchev–Trinajstić information content (AvgIpc) is 3.94. The molecule has 0 amide bonds. The number of hydrogen-bond donors (Lipinski definition) is 0. The Hall–Kier alpha value is -9.26. The highest BCUT2D eigenvalue weighted by Crippen LogP contribution is 2.46. The molecule has 13 rings (SSSR count). The second-order valence-electron chi connectivity index (χ2n) is 17.0. The van der Waals surface area contributed by atoms with Crippen LogP contribution in [0, 0.1) is 0 Å². The smallest absolute Gasteiger partial charge is 0.164 e. The lowest BCUT2D eigenvalue weighted by Gasteiger charge is -2.23. The van der Waals surface area contributed by atoms with E-state index in [1.165, 1.54) is 0 Å². The number of nitrogens with zero attached hydrogens (tertiary/aromatic N) is 6. The minimum atomic E-state index is 0.572. The third-order valence-electron chi connectivity index (χ3n) is 13.0. The first-order chi connectivity index (χ1) is 33.7. The molecular weight excluding hydrogens is 829 g/mol. The Balaban J connectivity index is 1.25. The Bertz CT molecular complexity index is 3790. The molecule has 68 heavy (non-hydrogen) atoms. The van der Waals surface area contributed by atoms with Gasteiger partial charge in [-0.25, -0.2) is 19.9 Å². The Kier molecular flexibility index (Phi) is 9.39. The maximum absolute atomic E-state index is 5.65. The van der Waals surface area contributed by atoms with E-state index in [1.807, 2.05) is 24.3 Å². The lowest BCUT2D eigenvalue weighted by molar-refractivity contribution is 1.09. The van der Waals surface area contributed by atoms with Crippen molar-refractivity contribution >= 4 is 43.6 Å². The van der Waals surface area contributed by atoms with Gasteiger partial charge in [0.25, 0.3) is 0 Å². The van der Waals surface area contributed by atoms with E-state index in [0.29, 0.717) is 11.6 Å². The van der Waals surface area contributed by atoms with Gasteiger partial charge in [0.05, 0.1) is 61.8 Å². The lowest BCUT2D eigenvalue weighted by atomic mass is 9.99.